The van der Waals surface area contributed by atoms with E-state index >= 15 is 0 Å². The Morgan fingerprint density at radius 2 is 2.22 bits per heavy atom. The van der Waals surface area contributed by atoms with Gasteiger partial charge in [-0.1, -0.05) is 6.92 Å². The van der Waals surface area contributed by atoms with E-state index in [1.807, 2.05) is 24.7 Å². The van der Waals surface area contributed by atoms with Gasteiger partial charge in [-0.3, -0.25) is 4.68 Å². The summed E-state index contributed by atoms with van der Waals surface area (Å²) in [5.74, 6) is 0.821. The number of H-pyrrole nitrogens is 1. The third-order valence-electron chi connectivity index (χ3n) is 3.14. The van der Waals surface area contributed by atoms with Crippen molar-refractivity contribution >= 4 is 11.2 Å². The van der Waals surface area contributed by atoms with Crippen molar-refractivity contribution in [2.75, 3.05) is 0 Å². The average molecular weight is 241 g/mol. The first-order chi connectivity index (χ1) is 8.69. The second-order valence-electron chi connectivity index (χ2n) is 4.41. The Bertz CT molecular complexity index is 707. The SMILES string of the molecule is CCc1cc(-c2nc3nccc(C)c3[nH]2)n(C)n1. The maximum absolute atomic E-state index is 4.52. The minimum Gasteiger partial charge on any atom is -0.335 e. The lowest BCUT2D eigenvalue weighted by atomic mass is 10.3. The van der Waals surface area contributed by atoms with E-state index < -0.39 is 0 Å². The minimum absolute atomic E-state index is 0.754. The number of fused-ring (bicyclic) bond motifs is 1. The summed E-state index contributed by atoms with van der Waals surface area (Å²) in [4.78, 5) is 12.1. The molecule has 1 N–H and O–H groups in total. The van der Waals surface area contributed by atoms with E-state index in [4.69, 9.17) is 0 Å². The second kappa shape index (κ2) is 3.94. The van der Waals surface area contributed by atoms with Crippen LogP contribution in [0.5, 0.6) is 0 Å². The molecule has 3 aromatic heterocycles. The highest BCUT2D eigenvalue weighted by Crippen LogP contribution is 2.21. The number of rotatable bonds is 2. The lowest BCUT2D eigenvalue weighted by Gasteiger charge is -1.95. The van der Waals surface area contributed by atoms with Gasteiger partial charge in [0, 0.05) is 13.2 Å². The number of imidazole rings is 1. The van der Waals surface area contributed by atoms with Gasteiger partial charge in [0.05, 0.1) is 11.2 Å². The van der Waals surface area contributed by atoms with Gasteiger partial charge in [0.15, 0.2) is 11.5 Å². The molecule has 0 amide bonds. The van der Waals surface area contributed by atoms with Crippen LogP contribution in [0.15, 0.2) is 18.3 Å². The van der Waals surface area contributed by atoms with Crippen LogP contribution in [-0.4, -0.2) is 24.7 Å². The minimum atomic E-state index is 0.754. The second-order valence-corrected chi connectivity index (χ2v) is 4.41. The molecule has 0 saturated carbocycles. The van der Waals surface area contributed by atoms with Crippen LogP contribution in [0.25, 0.3) is 22.7 Å². The summed E-state index contributed by atoms with van der Waals surface area (Å²) in [6, 6.07) is 4.04. The highest BCUT2D eigenvalue weighted by atomic mass is 15.3. The van der Waals surface area contributed by atoms with E-state index in [0.717, 1.165) is 40.4 Å². The zero-order valence-corrected chi connectivity index (χ0v) is 10.7. The molecule has 0 aliphatic carbocycles. The Morgan fingerprint density at radius 1 is 1.39 bits per heavy atom. The Balaban J connectivity index is 2.19. The van der Waals surface area contributed by atoms with Gasteiger partial charge in [0.25, 0.3) is 0 Å². The van der Waals surface area contributed by atoms with E-state index in [1.165, 1.54) is 0 Å². The van der Waals surface area contributed by atoms with Gasteiger partial charge in [-0.05, 0) is 31.0 Å². The monoisotopic (exact) mass is 241 g/mol. The van der Waals surface area contributed by atoms with Crippen molar-refractivity contribution in [2.45, 2.75) is 20.3 Å². The van der Waals surface area contributed by atoms with Gasteiger partial charge < -0.3 is 4.98 Å². The summed E-state index contributed by atoms with van der Waals surface area (Å²) in [6.45, 7) is 4.14. The van der Waals surface area contributed by atoms with E-state index in [1.54, 1.807) is 6.20 Å². The molecule has 0 unspecified atom stereocenters. The fraction of sp³-hybridized carbons (Fsp3) is 0.308. The smallest absolute Gasteiger partial charge is 0.178 e. The van der Waals surface area contributed by atoms with Crippen molar-refractivity contribution in [1.82, 2.24) is 24.7 Å². The first-order valence-corrected chi connectivity index (χ1v) is 6.03. The van der Waals surface area contributed by atoms with Crippen molar-refractivity contribution in [3.05, 3.63) is 29.6 Å². The molecule has 0 aromatic carbocycles. The number of hydrogen-bond acceptors (Lipinski definition) is 3. The zero-order valence-electron chi connectivity index (χ0n) is 10.7. The topological polar surface area (TPSA) is 59.4 Å². The summed E-state index contributed by atoms with van der Waals surface area (Å²) >= 11 is 0. The highest BCUT2D eigenvalue weighted by Gasteiger charge is 2.12. The Labute approximate surface area is 105 Å². The van der Waals surface area contributed by atoms with Gasteiger partial charge in [-0.15, -0.1) is 0 Å². The van der Waals surface area contributed by atoms with E-state index in [9.17, 15) is 0 Å². The van der Waals surface area contributed by atoms with Gasteiger partial charge in [0.2, 0.25) is 0 Å². The number of hydrogen-bond donors (Lipinski definition) is 1. The van der Waals surface area contributed by atoms with Gasteiger partial charge >= 0.3 is 0 Å². The molecule has 0 spiro atoms. The molecule has 0 atom stereocenters. The lowest BCUT2D eigenvalue weighted by Crippen LogP contribution is -1.95. The number of nitrogens with one attached hydrogen (secondary N) is 1. The molecule has 92 valence electrons. The van der Waals surface area contributed by atoms with Crippen molar-refractivity contribution in [1.29, 1.82) is 0 Å². The number of aromatic amines is 1. The fourth-order valence-electron chi connectivity index (χ4n) is 2.08. The lowest BCUT2D eigenvalue weighted by molar-refractivity contribution is 0.749. The summed E-state index contributed by atoms with van der Waals surface area (Å²) in [6.07, 6.45) is 2.70. The molecule has 0 saturated heterocycles. The van der Waals surface area contributed by atoms with Crippen molar-refractivity contribution in [3.63, 3.8) is 0 Å². The Hall–Kier alpha value is -2.17. The van der Waals surface area contributed by atoms with Crippen molar-refractivity contribution < 1.29 is 0 Å². The van der Waals surface area contributed by atoms with Gasteiger partial charge in [-0.25, -0.2) is 9.97 Å². The number of aryl methyl sites for hydroxylation is 3. The quantitative estimate of drug-likeness (QED) is 0.748. The maximum Gasteiger partial charge on any atom is 0.178 e. The van der Waals surface area contributed by atoms with E-state index in [-0.39, 0.29) is 0 Å². The van der Waals surface area contributed by atoms with Crippen LogP contribution in [0.4, 0.5) is 0 Å². The predicted octanol–water partition coefficient (Wildman–Crippen LogP) is 2.23. The van der Waals surface area contributed by atoms with Crippen LogP contribution in [0.1, 0.15) is 18.2 Å². The molecule has 0 bridgehead atoms. The highest BCUT2D eigenvalue weighted by molar-refractivity contribution is 5.78. The number of nitrogens with zero attached hydrogens (tertiary/aromatic N) is 4. The maximum atomic E-state index is 4.52. The summed E-state index contributed by atoms with van der Waals surface area (Å²) in [7, 11) is 1.93. The molecule has 5 heteroatoms. The van der Waals surface area contributed by atoms with Crippen LogP contribution < -0.4 is 0 Å². The molecule has 0 aliphatic rings. The number of aromatic nitrogens is 5. The Kier molecular flexibility index (Phi) is 2.40. The van der Waals surface area contributed by atoms with E-state index in [0.29, 0.717) is 0 Å². The molecule has 3 heterocycles. The van der Waals surface area contributed by atoms with Crippen LogP contribution in [0.3, 0.4) is 0 Å². The molecule has 0 fully saturated rings. The largest absolute Gasteiger partial charge is 0.335 e. The third-order valence-corrected chi connectivity index (χ3v) is 3.14. The molecule has 3 rings (SSSR count). The first kappa shape index (κ1) is 11.0. The summed E-state index contributed by atoms with van der Waals surface area (Å²) in [5.41, 5.74) is 4.95. The van der Waals surface area contributed by atoms with Gasteiger partial charge in [0.1, 0.15) is 5.69 Å². The zero-order chi connectivity index (χ0) is 12.7. The van der Waals surface area contributed by atoms with E-state index in [2.05, 4.69) is 33.0 Å². The van der Waals surface area contributed by atoms with Crippen LogP contribution in [0, 0.1) is 6.92 Å². The standard InChI is InChI=1S/C13H15N5/c1-4-9-7-10(18(3)17-9)12-15-11-8(2)5-6-14-13(11)16-12/h5-7H,4H2,1-3H3,(H,14,15,16). The molecule has 0 aliphatic heterocycles. The predicted molar refractivity (Wildman–Crippen MR) is 70.2 cm³/mol. The van der Waals surface area contributed by atoms with Crippen LogP contribution in [0.2, 0.25) is 0 Å². The average Bonchev–Trinajstić information content (AvgIpc) is 2.93. The normalized spacial score (nSPS) is 11.3. The van der Waals surface area contributed by atoms with Crippen LogP contribution in [-0.2, 0) is 13.5 Å². The molecule has 5 nitrogen and oxygen atoms in total. The van der Waals surface area contributed by atoms with Gasteiger partial charge in [-0.2, -0.15) is 5.10 Å². The Morgan fingerprint density at radius 3 is 2.89 bits per heavy atom. The molecule has 0 radical (unpaired) electrons. The number of pyridine rings is 1. The summed E-state index contributed by atoms with van der Waals surface area (Å²) < 4.78 is 1.85. The summed E-state index contributed by atoms with van der Waals surface area (Å²) in [5, 5.41) is 4.43. The molecular weight excluding hydrogens is 226 g/mol. The molecule has 3 aromatic rings. The van der Waals surface area contributed by atoms with Crippen LogP contribution >= 0.6 is 0 Å². The van der Waals surface area contributed by atoms with Crippen molar-refractivity contribution in [3.8, 4) is 11.5 Å². The molecule has 18 heavy (non-hydrogen) atoms. The first-order valence-electron chi connectivity index (χ1n) is 6.03. The third kappa shape index (κ3) is 1.59. The fourth-order valence-corrected chi connectivity index (χ4v) is 2.08. The van der Waals surface area contributed by atoms with Crippen molar-refractivity contribution in [2.24, 2.45) is 7.05 Å². The molecular formula is C13H15N5.